The number of nitrogens with zero attached hydrogens (tertiary/aromatic N) is 2. The second-order valence-corrected chi connectivity index (χ2v) is 7.81. The predicted molar refractivity (Wildman–Crippen MR) is 89.6 cm³/mol. The smallest absolute Gasteiger partial charge is 0.0223 e. The van der Waals surface area contributed by atoms with Crippen LogP contribution in [0.2, 0.25) is 0 Å². The van der Waals surface area contributed by atoms with Crippen LogP contribution in [-0.4, -0.2) is 54.3 Å². The van der Waals surface area contributed by atoms with Crippen molar-refractivity contribution in [2.24, 2.45) is 5.41 Å². The van der Waals surface area contributed by atoms with E-state index < -0.39 is 0 Å². The molecule has 2 saturated heterocycles. The van der Waals surface area contributed by atoms with Gasteiger partial charge in [0.05, 0.1) is 0 Å². The zero-order valence-electron chi connectivity index (χ0n) is 13.0. The van der Waals surface area contributed by atoms with E-state index in [4.69, 9.17) is 12.6 Å². The Kier molecular flexibility index (Phi) is 5.33. The normalized spacial score (nSPS) is 32.5. The van der Waals surface area contributed by atoms with E-state index in [0.29, 0.717) is 5.41 Å². The second kappa shape index (κ2) is 7.02. The molecule has 20 heavy (non-hydrogen) atoms. The second-order valence-electron chi connectivity index (χ2n) is 7.49. The molecule has 3 heteroatoms. The summed E-state index contributed by atoms with van der Waals surface area (Å²) in [5.74, 6) is 1.10. The van der Waals surface area contributed by atoms with Crippen molar-refractivity contribution in [3.63, 3.8) is 0 Å². The van der Waals surface area contributed by atoms with Crippen molar-refractivity contribution in [2.45, 2.75) is 63.8 Å². The Labute approximate surface area is 130 Å². The van der Waals surface area contributed by atoms with Crippen molar-refractivity contribution >= 4 is 12.6 Å². The van der Waals surface area contributed by atoms with Gasteiger partial charge < -0.3 is 4.90 Å². The van der Waals surface area contributed by atoms with E-state index in [1.807, 2.05) is 0 Å². The average Bonchev–Trinajstić information content (AvgIpc) is 2.67. The van der Waals surface area contributed by atoms with Crippen LogP contribution in [0.5, 0.6) is 0 Å². The first-order chi connectivity index (χ1) is 9.81. The van der Waals surface area contributed by atoms with Gasteiger partial charge >= 0.3 is 0 Å². The van der Waals surface area contributed by atoms with Gasteiger partial charge in [-0.15, -0.1) is 0 Å². The maximum atomic E-state index is 4.76. The van der Waals surface area contributed by atoms with Gasteiger partial charge in [0.25, 0.3) is 0 Å². The maximum absolute atomic E-state index is 4.76. The summed E-state index contributed by atoms with van der Waals surface area (Å²) in [6.07, 6.45) is 12.8. The Morgan fingerprint density at radius 1 is 0.900 bits per heavy atom. The van der Waals surface area contributed by atoms with Gasteiger partial charge in [-0.05, 0) is 62.9 Å². The Morgan fingerprint density at radius 2 is 1.65 bits per heavy atom. The molecular weight excluding hydrogens is 264 g/mol. The Balaban J connectivity index is 1.62. The summed E-state index contributed by atoms with van der Waals surface area (Å²) in [5.41, 5.74) is 0.521. The van der Waals surface area contributed by atoms with E-state index in [9.17, 15) is 0 Å². The van der Waals surface area contributed by atoms with Crippen LogP contribution in [0.3, 0.4) is 0 Å². The number of hydrogen-bond donors (Lipinski definition) is 1. The highest BCUT2D eigenvalue weighted by Gasteiger charge is 2.35. The SMILES string of the molecule is SCC1(CN2CCCN3CCCC3C2)CCCCCC1. The molecule has 3 fully saturated rings. The van der Waals surface area contributed by atoms with E-state index in [1.54, 1.807) is 0 Å². The highest BCUT2D eigenvalue weighted by molar-refractivity contribution is 7.80. The lowest BCUT2D eigenvalue weighted by Crippen LogP contribution is -2.43. The fourth-order valence-corrected chi connectivity index (χ4v) is 5.16. The highest BCUT2D eigenvalue weighted by atomic mass is 32.1. The van der Waals surface area contributed by atoms with Crippen molar-refractivity contribution in [3.05, 3.63) is 0 Å². The van der Waals surface area contributed by atoms with Gasteiger partial charge in [0.15, 0.2) is 0 Å². The molecule has 0 amide bonds. The molecule has 0 spiro atoms. The molecule has 3 aliphatic rings. The van der Waals surface area contributed by atoms with Crippen LogP contribution >= 0.6 is 12.6 Å². The van der Waals surface area contributed by atoms with Gasteiger partial charge in [-0.25, -0.2) is 0 Å². The van der Waals surface area contributed by atoms with Gasteiger partial charge in [0.2, 0.25) is 0 Å². The van der Waals surface area contributed by atoms with Crippen LogP contribution in [0.15, 0.2) is 0 Å². The molecule has 0 aromatic rings. The Hall–Kier alpha value is 0.270. The number of rotatable bonds is 3. The van der Waals surface area contributed by atoms with Crippen LogP contribution in [0.25, 0.3) is 0 Å². The molecule has 2 nitrogen and oxygen atoms in total. The van der Waals surface area contributed by atoms with Crippen molar-refractivity contribution in [2.75, 3.05) is 38.5 Å². The van der Waals surface area contributed by atoms with Gasteiger partial charge in [-0.3, -0.25) is 4.90 Å². The summed E-state index contributed by atoms with van der Waals surface area (Å²) < 4.78 is 0. The van der Waals surface area contributed by atoms with Crippen LogP contribution < -0.4 is 0 Å². The minimum atomic E-state index is 0.521. The summed E-state index contributed by atoms with van der Waals surface area (Å²) >= 11 is 4.76. The fraction of sp³-hybridized carbons (Fsp3) is 1.00. The van der Waals surface area contributed by atoms with Crippen LogP contribution in [0.4, 0.5) is 0 Å². The van der Waals surface area contributed by atoms with Crippen LogP contribution in [0.1, 0.15) is 57.8 Å². The minimum absolute atomic E-state index is 0.521. The van der Waals surface area contributed by atoms with E-state index in [-0.39, 0.29) is 0 Å². The van der Waals surface area contributed by atoms with Crippen molar-refractivity contribution in [1.29, 1.82) is 0 Å². The molecule has 1 unspecified atom stereocenters. The molecule has 2 heterocycles. The van der Waals surface area contributed by atoms with E-state index >= 15 is 0 Å². The van der Waals surface area contributed by atoms with Gasteiger partial charge in [0, 0.05) is 19.1 Å². The molecule has 0 radical (unpaired) electrons. The molecule has 1 aliphatic carbocycles. The fourth-order valence-electron chi connectivity index (χ4n) is 4.75. The van der Waals surface area contributed by atoms with Crippen molar-refractivity contribution < 1.29 is 0 Å². The minimum Gasteiger partial charge on any atom is -0.301 e. The summed E-state index contributed by atoms with van der Waals surface area (Å²) in [6.45, 7) is 6.67. The van der Waals surface area contributed by atoms with Crippen molar-refractivity contribution in [3.8, 4) is 0 Å². The average molecular weight is 297 g/mol. The van der Waals surface area contributed by atoms with E-state index in [0.717, 1.165) is 11.8 Å². The first kappa shape index (κ1) is 15.2. The third-order valence-corrected chi connectivity index (χ3v) is 6.62. The Bertz CT molecular complexity index is 299. The standard InChI is InChI=1S/C17H32N2S/c20-15-17(8-3-1-2-4-9-17)14-18-10-6-12-19-11-5-7-16(19)13-18/h16,20H,1-15H2. The van der Waals surface area contributed by atoms with Gasteiger partial charge in [0.1, 0.15) is 0 Å². The highest BCUT2D eigenvalue weighted by Crippen LogP contribution is 2.37. The third-order valence-electron chi connectivity index (χ3n) is 5.95. The molecule has 0 bridgehead atoms. The lowest BCUT2D eigenvalue weighted by atomic mass is 9.81. The predicted octanol–water partition coefficient (Wildman–Crippen LogP) is 3.43. The first-order valence-electron chi connectivity index (χ1n) is 8.89. The monoisotopic (exact) mass is 296 g/mol. The lowest BCUT2D eigenvalue weighted by molar-refractivity contribution is 0.139. The molecule has 1 saturated carbocycles. The summed E-state index contributed by atoms with van der Waals surface area (Å²) in [6, 6.07) is 0.861. The summed E-state index contributed by atoms with van der Waals surface area (Å²) in [7, 11) is 0. The quantitative estimate of drug-likeness (QED) is 0.630. The van der Waals surface area contributed by atoms with Crippen molar-refractivity contribution in [1.82, 2.24) is 9.80 Å². The first-order valence-corrected chi connectivity index (χ1v) is 9.52. The molecule has 0 N–H and O–H groups in total. The topological polar surface area (TPSA) is 6.48 Å². The third kappa shape index (κ3) is 3.53. The van der Waals surface area contributed by atoms with Crippen LogP contribution in [-0.2, 0) is 0 Å². The lowest BCUT2D eigenvalue weighted by Gasteiger charge is -2.37. The molecule has 3 rings (SSSR count). The molecule has 0 aromatic heterocycles. The van der Waals surface area contributed by atoms with E-state index in [1.165, 1.54) is 90.5 Å². The van der Waals surface area contributed by atoms with Crippen LogP contribution in [0, 0.1) is 5.41 Å². The summed E-state index contributed by atoms with van der Waals surface area (Å²) in [4.78, 5) is 5.55. The molecular formula is C17H32N2S. The number of thiol groups is 1. The molecule has 0 aromatic carbocycles. The largest absolute Gasteiger partial charge is 0.301 e. The molecule has 1 atom stereocenters. The zero-order valence-corrected chi connectivity index (χ0v) is 13.9. The summed E-state index contributed by atoms with van der Waals surface area (Å²) in [5, 5.41) is 0. The Morgan fingerprint density at radius 3 is 2.40 bits per heavy atom. The maximum Gasteiger partial charge on any atom is 0.0223 e. The van der Waals surface area contributed by atoms with Gasteiger partial charge in [-0.1, -0.05) is 25.7 Å². The number of fused-ring (bicyclic) bond motifs is 1. The zero-order chi connectivity index (χ0) is 13.8. The molecule has 116 valence electrons. The van der Waals surface area contributed by atoms with Gasteiger partial charge in [-0.2, -0.15) is 12.6 Å². The molecule has 2 aliphatic heterocycles. The number of hydrogen-bond acceptors (Lipinski definition) is 3. The van der Waals surface area contributed by atoms with E-state index in [2.05, 4.69) is 9.80 Å².